The second-order valence-corrected chi connectivity index (χ2v) is 6.78. The van der Waals surface area contributed by atoms with Crippen LogP contribution in [0.3, 0.4) is 0 Å². The van der Waals surface area contributed by atoms with Crippen LogP contribution in [0.15, 0.2) is 36.8 Å². The fourth-order valence-electron chi connectivity index (χ4n) is 3.28. The Kier molecular flexibility index (Phi) is 3.06. The molecule has 2 fully saturated rings. The van der Waals surface area contributed by atoms with Crippen LogP contribution in [-0.4, -0.2) is 31.7 Å². The van der Waals surface area contributed by atoms with Crippen LogP contribution in [-0.2, 0) is 0 Å². The smallest absolute Gasteiger partial charge is 0.318 e. The Morgan fingerprint density at radius 1 is 1.12 bits per heavy atom. The number of rotatable bonds is 4. The molecule has 2 aromatic heterocycles. The van der Waals surface area contributed by atoms with Crippen LogP contribution in [0, 0.1) is 0 Å². The van der Waals surface area contributed by atoms with Crippen LogP contribution in [0.1, 0.15) is 37.2 Å². The van der Waals surface area contributed by atoms with E-state index in [0.717, 1.165) is 29.7 Å². The van der Waals surface area contributed by atoms with E-state index in [1.54, 1.807) is 0 Å². The summed E-state index contributed by atoms with van der Waals surface area (Å²) in [5.41, 5.74) is 9.02. The van der Waals surface area contributed by atoms with Crippen molar-refractivity contribution >= 4 is 11.0 Å². The number of nitrogens with two attached hydrogens (primary N) is 1. The lowest BCUT2D eigenvalue weighted by molar-refractivity contribution is 0.0903. The van der Waals surface area contributed by atoms with E-state index in [1.807, 2.05) is 35.3 Å². The zero-order valence-corrected chi connectivity index (χ0v) is 13.3. The van der Waals surface area contributed by atoms with Crippen molar-refractivity contribution in [1.29, 1.82) is 0 Å². The Morgan fingerprint density at radius 3 is 2.75 bits per heavy atom. The Labute approximate surface area is 139 Å². The molecule has 0 bridgehead atoms. The molecule has 0 saturated heterocycles. The molecule has 2 aliphatic carbocycles. The highest BCUT2D eigenvalue weighted by Gasteiger charge is 2.31. The average Bonchev–Trinajstić information content (AvgIpc) is 3.32. The molecule has 0 radical (unpaired) electrons. The van der Waals surface area contributed by atoms with Crippen LogP contribution in [0.25, 0.3) is 16.9 Å². The van der Waals surface area contributed by atoms with Gasteiger partial charge >= 0.3 is 6.01 Å². The second-order valence-electron chi connectivity index (χ2n) is 6.78. The van der Waals surface area contributed by atoms with Crippen LogP contribution in [0.4, 0.5) is 0 Å². The molecular formula is C18H19N5O. The zero-order valence-electron chi connectivity index (χ0n) is 13.3. The molecule has 2 heterocycles. The second kappa shape index (κ2) is 5.27. The van der Waals surface area contributed by atoms with Crippen LogP contribution in [0.2, 0.25) is 0 Å². The number of benzene rings is 1. The monoisotopic (exact) mass is 321 g/mol. The third-order valence-electron chi connectivity index (χ3n) is 4.88. The zero-order chi connectivity index (χ0) is 16.1. The first-order chi connectivity index (χ1) is 11.8. The standard InChI is InChI=1S/C18H19N5O/c19-12-7-13(8-12)24-18-20-9-14(11-5-6-11)17(22-18)23-10-21-15-3-1-2-4-16(15)23/h1-4,9-13H,5-8,19H2. The number of ether oxygens (including phenoxy) is 1. The first-order valence-electron chi connectivity index (χ1n) is 8.49. The normalized spacial score (nSPS) is 23.2. The number of fused-ring (bicyclic) bond motifs is 1. The summed E-state index contributed by atoms with van der Waals surface area (Å²) in [7, 11) is 0. The van der Waals surface area contributed by atoms with Gasteiger partial charge in [-0.1, -0.05) is 12.1 Å². The quantitative estimate of drug-likeness (QED) is 0.799. The molecule has 6 heteroatoms. The number of para-hydroxylation sites is 2. The first kappa shape index (κ1) is 13.9. The number of aromatic nitrogens is 4. The summed E-state index contributed by atoms with van der Waals surface area (Å²) in [4.78, 5) is 13.6. The average molecular weight is 321 g/mol. The van der Waals surface area contributed by atoms with Crippen molar-refractivity contribution in [3.63, 3.8) is 0 Å². The molecule has 2 aliphatic rings. The maximum absolute atomic E-state index is 5.89. The molecule has 0 aliphatic heterocycles. The van der Waals surface area contributed by atoms with E-state index < -0.39 is 0 Å². The van der Waals surface area contributed by atoms with Gasteiger partial charge in [0, 0.05) is 17.8 Å². The van der Waals surface area contributed by atoms with E-state index in [-0.39, 0.29) is 12.1 Å². The van der Waals surface area contributed by atoms with Gasteiger partial charge in [0.2, 0.25) is 0 Å². The summed E-state index contributed by atoms with van der Waals surface area (Å²) in [6.07, 6.45) is 8.03. The minimum atomic E-state index is 0.138. The molecule has 0 spiro atoms. The Hall–Kier alpha value is -2.47. The number of nitrogens with zero attached hydrogens (tertiary/aromatic N) is 4. The van der Waals surface area contributed by atoms with Crippen molar-refractivity contribution in [2.75, 3.05) is 0 Å². The van der Waals surface area contributed by atoms with Gasteiger partial charge in [-0.25, -0.2) is 9.97 Å². The molecule has 6 nitrogen and oxygen atoms in total. The molecule has 2 N–H and O–H groups in total. The molecule has 2 saturated carbocycles. The van der Waals surface area contributed by atoms with Gasteiger partial charge in [0.15, 0.2) is 0 Å². The summed E-state index contributed by atoms with van der Waals surface area (Å²) in [6, 6.07) is 8.77. The third-order valence-corrected chi connectivity index (χ3v) is 4.88. The minimum Gasteiger partial charge on any atom is -0.460 e. The highest BCUT2D eigenvalue weighted by molar-refractivity contribution is 5.77. The summed E-state index contributed by atoms with van der Waals surface area (Å²) in [6.45, 7) is 0. The fourth-order valence-corrected chi connectivity index (χ4v) is 3.28. The molecule has 0 amide bonds. The predicted octanol–water partition coefficient (Wildman–Crippen LogP) is 2.56. The lowest BCUT2D eigenvalue weighted by Crippen LogP contribution is -2.43. The predicted molar refractivity (Wildman–Crippen MR) is 90.3 cm³/mol. The van der Waals surface area contributed by atoms with Crippen molar-refractivity contribution in [2.45, 2.75) is 43.7 Å². The maximum atomic E-state index is 5.89. The van der Waals surface area contributed by atoms with Gasteiger partial charge in [0.05, 0.1) is 11.0 Å². The van der Waals surface area contributed by atoms with Crippen molar-refractivity contribution in [3.05, 3.63) is 42.4 Å². The lowest BCUT2D eigenvalue weighted by atomic mass is 9.90. The number of hydrogen-bond donors (Lipinski definition) is 1. The molecule has 0 unspecified atom stereocenters. The molecule has 5 rings (SSSR count). The summed E-state index contributed by atoms with van der Waals surface area (Å²) in [5, 5.41) is 0. The van der Waals surface area contributed by atoms with Crippen molar-refractivity contribution in [2.24, 2.45) is 5.73 Å². The SMILES string of the molecule is NC1CC(Oc2ncc(C3CC3)c(-n3cnc4ccccc43)n2)C1. The Morgan fingerprint density at radius 2 is 1.96 bits per heavy atom. The number of imidazole rings is 1. The molecule has 24 heavy (non-hydrogen) atoms. The van der Waals surface area contributed by atoms with Gasteiger partial charge in [-0.15, -0.1) is 0 Å². The van der Waals surface area contributed by atoms with E-state index in [2.05, 4.69) is 16.0 Å². The summed E-state index contributed by atoms with van der Waals surface area (Å²) in [5.74, 6) is 1.44. The number of hydrogen-bond acceptors (Lipinski definition) is 5. The Bertz CT molecular complexity index is 895. The van der Waals surface area contributed by atoms with Gasteiger partial charge in [-0.2, -0.15) is 4.98 Å². The summed E-state index contributed by atoms with van der Waals surface area (Å²) >= 11 is 0. The van der Waals surface area contributed by atoms with Gasteiger partial charge in [0.1, 0.15) is 18.2 Å². The molecule has 122 valence electrons. The van der Waals surface area contributed by atoms with Crippen LogP contribution >= 0.6 is 0 Å². The highest BCUT2D eigenvalue weighted by atomic mass is 16.5. The van der Waals surface area contributed by atoms with Crippen molar-refractivity contribution < 1.29 is 4.74 Å². The maximum Gasteiger partial charge on any atom is 0.318 e. The van der Waals surface area contributed by atoms with Gasteiger partial charge < -0.3 is 10.5 Å². The molecular weight excluding hydrogens is 302 g/mol. The lowest BCUT2D eigenvalue weighted by Gasteiger charge is -2.31. The van der Waals surface area contributed by atoms with Crippen LogP contribution in [0.5, 0.6) is 6.01 Å². The third kappa shape index (κ3) is 2.34. The van der Waals surface area contributed by atoms with Gasteiger partial charge in [-0.3, -0.25) is 4.57 Å². The summed E-state index contributed by atoms with van der Waals surface area (Å²) < 4.78 is 7.94. The largest absolute Gasteiger partial charge is 0.460 e. The fraction of sp³-hybridized carbons (Fsp3) is 0.389. The van der Waals surface area contributed by atoms with E-state index in [9.17, 15) is 0 Å². The Balaban J connectivity index is 1.57. The van der Waals surface area contributed by atoms with Crippen molar-refractivity contribution in [3.8, 4) is 11.8 Å². The van der Waals surface area contributed by atoms with E-state index in [1.165, 1.54) is 18.4 Å². The van der Waals surface area contributed by atoms with Gasteiger partial charge in [0.25, 0.3) is 0 Å². The van der Waals surface area contributed by atoms with E-state index in [4.69, 9.17) is 15.5 Å². The highest BCUT2D eigenvalue weighted by Crippen LogP contribution is 2.42. The van der Waals surface area contributed by atoms with Crippen molar-refractivity contribution in [1.82, 2.24) is 19.5 Å². The minimum absolute atomic E-state index is 0.138. The molecule has 0 atom stereocenters. The molecule has 3 aromatic rings. The van der Waals surface area contributed by atoms with E-state index >= 15 is 0 Å². The first-order valence-corrected chi connectivity index (χ1v) is 8.49. The van der Waals surface area contributed by atoms with E-state index in [0.29, 0.717) is 11.9 Å². The van der Waals surface area contributed by atoms with Gasteiger partial charge in [-0.05, 0) is 43.7 Å². The van der Waals surface area contributed by atoms with Crippen LogP contribution < -0.4 is 10.5 Å². The topological polar surface area (TPSA) is 78.9 Å². The molecule has 1 aromatic carbocycles.